The van der Waals surface area contributed by atoms with Crippen molar-refractivity contribution in [2.24, 2.45) is 0 Å². The summed E-state index contributed by atoms with van der Waals surface area (Å²) in [6.07, 6.45) is -0.289. The third-order valence-electron chi connectivity index (χ3n) is 3.74. The van der Waals surface area contributed by atoms with Gasteiger partial charge < -0.3 is 14.8 Å². The molecule has 1 amide bonds. The Kier molecular flexibility index (Phi) is 5.94. The molecular formula is C18H20N2O5. The summed E-state index contributed by atoms with van der Waals surface area (Å²) < 4.78 is 10.9. The molecule has 0 heterocycles. The Morgan fingerprint density at radius 1 is 1.24 bits per heavy atom. The molecule has 0 aromatic heterocycles. The number of nitro benzene ring substituents is 1. The van der Waals surface area contributed by atoms with Crippen LogP contribution >= 0.6 is 0 Å². The van der Waals surface area contributed by atoms with Gasteiger partial charge in [-0.2, -0.15) is 0 Å². The topological polar surface area (TPSA) is 90.7 Å². The molecule has 132 valence electrons. The van der Waals surface area contributed by atoms with Gasteiger partial charge in [0.25, 0.3) is 11.6 Å². The number of ether oxygens (including phenoxy) is 2. The highest BCUT2D eigenvalue weighted by molar-refractivity contribution is 5.95. The summed E-state index contributed by atoms with van der Waals surface area (Å²) >= 11 is 0. The molecule has 0 saturated carbocycles. The second-order valence-electron chi connectivity index (χ2n) is 5.39. The maximum atomic E-state index is 12.5. The first-order valence-corrected chi connectivity index (χ1v) is 7.81. The second-order valence-corrected chi connectivity index (χ2v) is 5.39. The fourth-order valence-corrected chi connectivity index (χ4v) is 2.33. The zero-order valence-electron chi connectivity index (χ0n) is 14.3. The molecule has 0 fully saturated rings. The van der Waals surface area contributed by atoms with Crippen molar-refractivity contribution in [1.82, 2.24) is 0 Å². The summed E-state index contributed by atoms with van der Waals surface area (Å²) in [5.41, 5.74) is 0.753. The molecule has 7 heteroatoms. The molecule has 7 nitrogen and oxygen atoms in total. The van der Waals surface area contributed by atoms with Gasteiger partial charge in [0.05, 0.1) is 23.3 Å². The second kappa shape index (κ2) is 8.14. The summed E-state index contributed by atoms with van der Waals surface area (Å²) in [5, 5.41) is 13.7. The molecule has 0 radical (unpaired) electrons. The largest absolute Gasteiger partial charge is 0.497 e. The van der Waals surface area contributed by atoms with Gasteiger partial charge in [0.1, 0.15) is 11.5 Å². The van der Waals surface area contributed by atoms with Crippen LogP contribution in [0.1, 0.15) is 18.9 Å². The lowest BCUT2D eigenvalue weighted by molar-refractivity contribution is -0.385. The summed E-state index contributed by atoms with van der Waals surface area (Å²) in [6.45, 7) is 3.42. The van der Waals surface area contributed by atoms with Crippen LogP contribution in [0.2, 0.25) is 0 Å². The average Bonchev–Trinajstić information content (AvgIpc) is 2.61. The smallest absolute Gasteiger partial charge is 0.274 e. The van der Waals surface area contributed by atoms with Gasteiger partial charge in [0.15, 0.2) is 6.10 Å². The van der Waals surface area contributed by atoms with Crippen LogP contribution in [0.3, 0.4) is 0 Å². The van der Waals surface area contributed by atoms with Crippen molar-refractivity contribution in [3.05, 3.63) is 58.1 Å². The monoisotopic (exact) mass is 344 g/mol. The van der Waals surface area contributed by atoms with Crippen molar-refractivity contribution in [3.63, 3.8) is 0 Å². The van der Waals surface area contributed by atoms with Crippen LogP contribution < -0.4 is 14.8 Å². The lowest BCUT2D eigenvalue weighted by Gasteiger charge is -2.18. The molecular weight excluding hydrogens is 324 g/mol. The minimum atomic E-state index is -0.731. The molecule has 0 bridgehead atoms. The first-order chi connectivity index (χ1) is 12.0. The molecule has 0 aliphatic carbocycles. The number of nitro groups is 1. The molecule has 2 aromatic rings. The molecule has 0 unspecified atom stereocenters. The minimum Gasteiger partial charge on any atom is -0.497 e. The van der Waals surface area contributed by atoms with Gasteiger partial charge in [-0.25, -0.2) is 0 Å². The predicted octanol–water partition coefficient (Wildman–Crippen LogP) is 3.71. The highest BCUT2D eigenvalue weighted by atomic mass is 16.6. The van der Waals surface area contributed by atoms with Gasteiger partial charge in [-0.15, -0.1) is 0 Å². The fourth-order valence-electron chi connectivity index (χ4n) is 2.33. The summed E-state index contributed by atoms with van der Waals surface area (Å²) in [6, 6.07) is 11.5. The first-order valence-electron chi connectivity index (χ1n) is 7.81. The SMILES string of the molecule is CC[C@H](Oc1cccc(OC)c1)C(=O)Nc1cccc([N+](=O)[O-])c1C. The van der Waals surface area contributed by atoms with E-state index in [1.165, 1.54) is 12.1 Å². The normalized spacial score (nSPS) is 11.5. The number of benzene rings is 2. The van der Waals surface area contributed by atoms with Gasteiger partial charge in [-0.05, 0) is 31.5 Å². The van der Waals surface area contributed by atoms with E-state index in [9.17, 15) is 14.9 Å². The predicted molar refractivity (Wildman–Crippen MR) is 94.2 cm³/mol. The highest BCUT2D eigenvalue weighted by Gasteiger charge is 2.21. The van der Waals surface area contributed by atoms with Crippen molar-refractivity contribution in [3.8, 4) is 11.5 Å². The van der Waals surface area contributed by atoms with E-state index < -0.39 is 11.0 Å². The highest BCUT2D eigenvalue weighted by Crippen LogP contribution is 2.26. The Bertz CT molecular complexity index is 776. The first kappa shape index (κ1) is 18.3. The Labute approximate surface area is 145 Å². The van der Waals surface area contributed by atoms with Crippen molar-refractivity contribution in [1.29, 1.82) is 0 Å². The molecule has 2 aromatic carbocycles. The van der Waals surface area contributed by atoms with E-state index in [1.54, 1.807) is 44.4 Å². The summed E-state index contributed by atoms with van der Waals surface area (Å²) in [7, 11) is 1.55. The average molecular weight is 344 g/mol. The summed E-state index contributed by atoms with van der Waals surface area (Å²) in [4.78, 5) is 23.0. The molecule has 0 aliphatic heterocycles. The van der Waals surface area contributed by atoms with Crippen LogP contribution in [0.25, 0.3) is 0 Å². The molecule has 0 aliphatic rings. The maximum Gasteiger partial charge on any atom is 0.274 e. The molecule has 0 saturated heterocycles. The Hall–Kier alpha value is -3.09. The number of carbonyl (C=O) groups is 1. The third-order valence-corrected chi connectivity index (χ3v) is 3.74. The van der Waals surface area contributed by atoms with Crippen LogP contribution in [-0.2, 0) is 4.79 Å². The minimum absolute atomic E-state index is 0.0421. The number of hydrogen-bond acceptors (Lipinski definition) is 5. The van der Waals surface area contributed by atoms with E-state index in [2.05, 4.69) is 5.32 Å². The van der Waals surface area contributed by atoms with E-state index in [1.807, 2.05) is 6.92 Å². The van der Waals surface area contributed by atoms with Crippen molar-refractivity contribution >= 4 is 17.3 Å². The van der Waals surface area contributed by atoms with Crippen molar-refractivity contribution < 1.29 is 19.2 Å². The van der Waals surface area contributed by atoms with E-state index in [0.717, 1.165) is 0 Å². The Morgan fingerprint density at radius 2 is 1.92 bits per heavy atom. The number of hydrogen-bond donors (Lipinski definition) is 1. The Balaban J connectivity index is 2.15. The van der Waals surface area contributed by atoms with Gasteiger partial charge in [-0.1, -0.05) is 19.1 Å². The number of amides is 1. The molecule has 1 N–H and O–H groups in total. The molecule has 1 atom stereocenters. The van der Waals surface area contributed by atoms with Gasteiger partial charge in [0, 0.05) is 12.1 Å². The maximum absolute atomic E-state index is 12.5. The number of nitrogens with one attached hydrogen (secondary N) is 1. The van der Waals surface area contributed by atoms with Crippen LogP contribution in [0.5, 0.6) is 11.5 Å². The fraction of sp³-hybridized carbons (Fsp3) is 0.278. The van der Waals surface area contributed by atoms with Gasteiger partial charge in [0.2, 0.25) is 0 Å². The number of methoxy groups -OCH3 is 1. The van der Waals surface area contributed by atoms with Gasteiger partial charge in [-0.3, -0.25) is 14.9 Å². The Morgan fingerprint density at radius 3 is 2.56 bits per heavy atom. The number of rotatable bonds is 7. The summed E-state index contributed by atoms with van der Waals surface area (Å²) in [5.74, 6) is 0.772. The molecule has 0 spiro atoms. The van der Waals surface area contributed by atoms with E-state index in [0.29, 0.717) is 29.2 Å². The quantitative estimate of drug-likeness (QED) is 0.611. The van der Waals surface area contributed by atoms with E-state index >= 15 is 0 Å². The van der Waals surface area contributed by atoms with Crippen LogP contribution in [0.15, 0.2) is 42.5 Å². The number of nitrogens with zero attached hydrogens (tertiary/aromatic N) is 1. The van der Waals surface area contributed by atoms with Crippen molar-refractivity contribution in [2.75, 3.05) is 12.4 Å². The zero-order chi connectivity index (χ0) is 18.4. The van der Waals surface area contributed by atoms with Crippen LogP contribution in [0, 0.1) is 17.0 Å². The molecule has 25 heavy (non-hydrogen) atoms. The third kappa shape index (κ3) is 4.47. The van der Waals surface area contributed by atoms with E-state index in [-0.39, 0.29) is 11.6 Å². The van der Waals surface area contributed by atoms with Crippen molar-refractivity contribution in [2.45, 2.75) is 26.4 Å². The number of carbonyl (C=O) groups excluding carboxylic acids is 1. The lowest BCUT2D eigenvalue weighted by atomic mass is 10.1. The zero-order valence-corrected chi connectivity index (χ0v) is 14.3. The lowest BCUT2D eigenvalue weighted by Crippen LogP contribution is -2.32. The number of anilines is 1. The van der Waals surface area contributed by atoms with Crippen LogP contribution in [0.4, 0.5) is 11.4 Å². The standard InChI is InChI=1S/C18H20N2O5/c1-4-17(25-14-8-5-7-13(11-14)24-3)18(21)19-15-9-6-10-16(12(15)2)20(22)23/h5-11,17H,4H2,1-3H3,(H,19,21)/t17-/m0/s1. The van der Waals surface area contributed by atoms with E-state index in [4.69, 9.17) is 9.47 Å². The van der Waals surface area contributed by atoms with Crippen LogP contribution in [-0.4, -0.2) is 24.0 Å². The molecule has 2 rings (SSSR count). The van der Waals surface area contributed by atoms with Gasteiger partial charge >= 0.3 is 0 Å².